The highest BCUT2D eigenvalue weighted by Gasteiger charge is 2.11. The average Bonchev–Trinajstić information content (AvgIpc) is 2.56. The first-order valence-corrected chi connectivity index (χ1v) is 8.40. The van der Waals surface area contributed by atoms with Crippen LogP contribution in [0.15, 0.2) is 52.9 Å². The number of carbonyl (C=O) groups is 1. The molecule has 3 nitrogen and oxygen atoms in total. The zero-order valence-electron chi connectivity index (χ0n) is 13.4. The predicted molar refractivity (Wildman–Crippen MR) is 96.4 cm³/mol. The number of carbonyl (C=O) groups excluding carboxylic acids is 1. The molecule has 0 atom stereocenters. The van der Waals surface area contributed by atoms with Gasteiger partial charge in [0.2, 0.25) is 0 Å². The van der Waals surface area contributed by atoms with Gasteiger partial charge in [0.15, 0.2) is 0 Å². The van der Waals surface area contributed by atoms with E-state index in [1.807, 2.05) is 68.6 Å². The molecule has 0 aliphatic rings. The van der Waals surface area contributed by atoms with Crippen LogP contribution in [0.3, 0.4) is 0 Å². The van der Waals surface area contributed by atoms with Gasteiger partial charge in [-0.05, 0) is 61.1 Å². The number of nitrogens with zero attached hydrogens (tertiary/aromatic N) is 1. The van der Waals surface area contributed by atoms with Crippen LogP contribution in [-0.2, 0) is 4.79 Å². The minimum atomic E-state index is -0.393. The van der Waals surface area contributed by atoms with Gasteiger partial charge in [-0.25, -0.2) is 0 Å². The summed E-state index contributed by atoms with van der Waals surface area (Å²) in [4.78, 5) is 13.5. The summed E-state index contributed by atoms with van der Waals surface area (Å²) in [5.74, 6) is -0.393. The Bertz CT molecular complexity index is 786. The maximum atomic E-state index is 12.3. The number of hydrogen-bond donors (Lipinski definition) is 1. The van der Waals surface area contributed by atoms with E-state index in [2.05, 4.69) is 5.32 Å². The Morgan fingerprint density at radius 1 is 1.17 bits per heavy atom. The summed E-state index contributed by atoms with van der Waals surface area (Å²) in [7, 11) is 0. The molecule has 0 radical (unpaired) electrons. The summed E-state index contributed by atoms with van der Waals surface area (Å²) < 4.78 is 0. The van der Waals surface area contributed by atoms with Crippen LogP contribution in [0, 0.1) is 25.2 Å². The Balaban J connectivity index is 2.22. The van der Waals surface area contributed by atoms with Crippen molar-refractivity contribution < 1.29 is 4.79 Å². The predicted octanol–water partition coefficient (Wildman–Crippen LogP) is 4.57. The molecule has 2 aromatic rings. The second-order valence-corrected chi connectivity index (χ2v) is 6.10. The zero-order chi connectivity index (χ0) is 16.8. The Labute approximate surface area is 141 Å². The van der Waals surface area contributed by atoms with E-state index in [4.69, 9.17) is 0 Å². The molecule has 1 N–H and O–H groups in total. The summed E-state index contributed by atoms with van der Waals surface area (Å²) >= 11 is 1.65. The first kappa shape index (κ1) is 16.9. The van der Waals surface area contributed by atoms with Gasteiger partial charge >= 0.3 is 0 Å². The molecular formula is C19H18N2OS. The molecule has 0 aromatic heterocycles. The van der Waals surface area contributed by atoms with Gasteiger partial charge in [0.05, 0.1) is 0 Å². The van der Waals surface area contributed by atoms with Crippen LogP contribution in [0.4, 0.5) is 5.69 Å². The third kappa shape index (κ3) is 4.48. The van der Waals surface area contributed by atoms with E-state index in [1.165, 1.54) is 0 Å². The van der Waals surface area contributed by atoms with E-state index >= 15 is 0 Å². The molecule has 0 fully saturated rings. The molecule has 2 rings (SSSR count). The third-order valence-corrected chi connectivity index (χ3v) is 4.18. The third-order valence-electron chi connectivity index (χ3n) is 3.43. The molecule has 0 aliphatic carbocycles. The maximum absolute atomic E-state index is 12.3. The van der Waals surface area contributed by atoms with Gasteiger partial charge in [-0.15, -0.1) is 11.8 Å². The highest BCUT2D eigenvalue weighted by atomic mass is 32.2. The molecule has 0 saturated carbocycles. The molecule has 0 spiro atoms. The lowest BCUT2D eigenvalue weighted by Crippen LogP contribution is -2.14. The van der Waals surface area contributed by atoms with E-state index in [1.54, 1.807) is 17.8 Å². The fraction of sp³-hybridized carbons (Fsp3) is 0.158. The number of aryl methyl sites for hydroxylation is 2. The monoisotopic (exact) mass is 322 g/mol. The molecule has 0 saturated heterocycles. The topological polar surface area (TPSA) is 52.9 Å². The fourth-order valence-corrected chi connectivity index (χ4v) is 2.48. The van der Waals surface area contributed by atoms with Gasteiger partial charge in [0, 0.05) is 10.6 Å². The summed E-state index contributed by atoms with van der Waals surface area (Å²) in [6.45, 7) is 3.88. The summed E-state index contributed by atoms with van der Waals surface area (Å²) in [5, 5.41) is 12.1. The summed E-state index contributed by atoms with van der Waals surface area (Å²) in [5.41, 5.74) is 3.67. The number of rotatable bonds is 4. The van der Waals surface area contributed by atoms with E-state index in [0.29, 0.717) is 0 Å². The first-order valence-electron chi connectivity index (χ1n) is 7.18. The smallest absolute Gasteiger partial charge is 0.266 e. The van der Waals surface area contributed by atoms with Crippen LogP contribution in [0.5, 0.6) is 0 Å². The normalized spacial score (nSPS) is 11.0. The number of benzene rings is 2. The maximum Gasteiger partial charge on any atom is 0.266 e. The van der Waals surface area contributed by atoms with Crippen molar-refractivity contribution in [3.05, 3.63) is 64.7 Å². The number of nitrogens with one attached hydrogen (secondary N) is 1. The van der Waals surface area contributed by atoms with Crippen LogP contribution in [-0.4, -0.2) is 12.2 Å². The second-order valence-electron chi connectivity index (χ2n) is 5.22. The van der Waals surface area contributed by atoms with Crippen LogP contribution < -0.4 is 5.32 Å². The van der Waals surface area contributed by atoms with Gasteiger partial charge in [0.1, 0.15) is 11.6 Å². The molecular weight excluding hydrogens is 304 g/mol. The Hall–Kier alpha value is -2.51. The average molecular weight is 322 g/mol. The van der Waals surface area contributed by atoms with Crippen LogP contribution in [0.25, 0.3) is 6.08 Å². The number of thioether (sulfide) groups is 1. The molecule has 23 heavy (non-hydrogen) atoms. The van der Waals surface area contributed by atoms with E-state index in [0.717, 1.165) is 27.3 Å². The van der Waals surface area contributed by atoms with E-state index in [9.17, 15) is 10.1 Å². The lowest BCUT2D eigenvalue weighted by atomic mass is 10.1. The van der Waals surface area contributed by atoms with Gasteiger partial charge in [-0.1, -0.05) is 24.3 Å². The number of anilines is 1. The number of nitriles is 1. The molecule has 0 unspecified atom stereocenters. The minimum Gasteiger partial charge on any atom is -0.321 e. The van der Waals surface area contributed by atoms with Gasteiger partial charge in [0.25, 0.3) is 5.91 Å². The van der Waals surface area contributed by atoms with E-state index in [-0.39, 0.29) is 5.57 Å². The van der Waals surface area contributed by atoms with Crippen molar-refractivity contribution in [3.8, 4) is 6.07 Å². The summed E-state index contributed by atoms with van der Waals surface area (Å²) in [6, 6.07) is 15.5. The SMILES string of the molecule is CSc1ccc(/C=C(\C#N)C(=O)Nc2cc(C)ccc2C)cc1. The van der Waals surface area contributed by atoms with Crippen molar-refractivity contribution in [3.63, 3.8) is 0 Å². The lowest BCUT2D eigenvalue weighted by molar-refractivity contribution is -0.112. The molecule has 0 heterocycles. The standard InChI is InChI=1S/C19H18N2OS/c1-13-4-5-14(2)18(10-13)21-19(22)16(12-20)11-15-6-8-17(23-3)9-7-15/h4-11H,1-3H3,(H,21,22)/b16-11+. The van der Waals surface area contributed by atoms with Crippen LogP contribution in [0.1, 0.15) is 16.7 Å². The molecule has 0 bridgehead atoms. The molecule has 0 aliphatic heterocycles. The van der Waals surface area contributed by atoms with Crippen molar-refractivity contribution in [1.82, 2.24) is 0 Å². The number of amides is 1. The minimum absolute atomic E-state index is 0.0859. The van der Waals surface area contributed by atoms with Gasteiger partial charge in [-0.3, -0.25) is 4.79 Å². The molecule has 4 heteroatoms. The molecule has 2 aromatic carbocycles. The number of hydrogen-bond acceptors (Lipinski definition) is 3. The molecule has 116 valence electrons. The highest BCUT2D eigenvalue weighted by molar-refractivity contribution is 7.98. The first-order chi connectivity index (χ1) is 11.0. The van der Waals surface area contributed by atoms with Crippen molar-refractivity contribution >= 4 is 29.4 Å². The largest absolute Gasteiger partial charge is 0.321 e. The lowest BCUT2D eigenvalue weighted by Gasteiger charge is -2.08. The Morgan fingerprint density at radius 3 is 2.48 bits per heavy atom. The van der Waals surface area contributed by atoms with Crippen LogP contribution >= 0.6 is 11.8 Å². The van der Waals surface area contributed by atoms with Gasteiger partial charge < -0.3 is 5.32 Å². The van der Waals surface area contributed by atoms with Crippen molar-refractivity contribution in [2.75, 3.05) is 11.6 Å². The van der Waals surface area contributed by atoms with Gasteiger partial charge in [-0.2, -0.15) is 5.26 Å². The Kier molecular flexibility index (Phi) is 5.61. The second kappa shape index (κ2) is 7.66. The highest BCUT2D eigenvalue weighted by Crippen LogP contribution is 2.19. The fourth-order valence-electron chi connectivity index (χ4n) is 2.08. The zero-order valence-corrected chi connectivity index (χ0v) is 14.2. The quantitative estimate of drug-likeness (QED) is 0.509. The van der Waals surface area contributed by atoms with Crippen LogP contribution in [0.2, 0.25) is 0 Å². The van der Waals surface area contributed by atoms with Crippen molar-refractivity contribution in [2.45, 2.75) is 18.7 Å². The van der Waals surface area contributed by atoms with E-state index < -0.39 is 5.91 Å². The van der Waals surface area contributed by atoms with Crippen molar-refractivity contribution in [1.29, 1.82) is 5.26 Å². The Morgan fingerprint density at radius 2 is 1.87 bits per heavy atom. The van der Waals surface area contributed by atoms with Crippen molar-refractivity contribution in [2.24, 2.45) is 0 Å². The molecule has 1 amide bonds. The summed E-state index contributed by atoms with van der Waals surface area (Å²) in [6.07, 6.45) is 3.60.